The first-order valence-electron chi connectivity index (χ1n) is 8.31. The van der Waals surface area contributed by atoms with Crippen molar-refractivity contribution >= 4 is 24.1 Å². The van der Waals surface area contributed by atoms with E-state index in [0.29, 0.717) is 11.1 Å². The molecule has 0 fully saturated rings. The lowest BCUT2D eigenvalue weighted by Gasteiger charge is -2.21. The van der Waals surface area contributed by atoms with Crippen molar-refractivity contribution in [2.75, 3.05) is 0 Å². The maximum Gasteiger partial charge on any atom is 0.338 e. The molecule has 0 amide bonds. The Kier molecular flexibility index (Phi) is 6.50. The second-order valence-electron chi connectivity index (χ2n) is 5.87. The van der Waals surface area contributed by atoms with Gasteiger partial charge in [0.2, 0.25) is 0 Å². The van der Waals surface area contributed by atoms with Crippen molar-refractivity contribution in [1.82, 2.24) is 0 Å². The van der Waals surface area contributed by atoms with Gasteiger partial charge in [-0.3, -0.25) is 0 Å². The molecule has 2 unspecified atom stereocenters. The zero-order valence-corrected chi connectivity index (χ0v) is 15.0. The van der Waals surface area contributed by atoms with Crippen molar-refractivity contribution in [2.24, 2.45) is 0 Å². The first-order chi connectivity index (χ1) is 12.4. The van der Waals surface area contributed by atoms with Crippen LogP contribution in [0.1, 0.15) is 45.7 Å². The average Bonchev–Trinajstić information content (AvgIpc) is 2.67. The number of carbonyl (C=O) groups is 2. The van der Waals surface area contributed by atoms with Crippen LogP contribution in [0, 0.1) is 0 Å². The number of ether oxygens (including phenoxy) is 2. The third-order valence-corrected chi connectivity index (χ3v) is 4.01. The predicted octanol–water partition coefficient (Wildman–Crippen LogP) is 4.76. The van der Waals surface area contributed by atoms with E-state index in [1.165, 1.54) is 0 Å². The van der Waals surface area contributed by atoms with Crippen molar-refractivity contribution < 1.29 is 19.1 Å². The summed E-state index contributed by atoms with van der Waals surface area (Å²) in [6.07, 6.45) is 2.22. The Morgan fingerprint density at radius 2 is 1.04 bits per heavy atom. The third-order valence-electron chi connectivity index (χ3n) is 4.01. The molecule has 0 saturated carbocycles. The monoisotopic (exact) mass is 350 g/mol. The second kappa shape index (κ2) is 8.81. The van der Waals surface area contributed by atoms with E-state index in [0.717, 1.165) is 11.1 Å². The molecular weight excluding hydrogens is 328 g/mol. The molecule has 0 saturated heterocycles. The van der Waals surface area contributed by atoms with Crippen LogP contribution in [0.15, 0.2) is 61.7 Å². The van der Waals surface area contributed by atoms with Crippen molar-refractivity contribution in [3.05, 3.63) is 83.9 Å². The summed E-state index contributed by atoms with van der Waals surface area (Å²) in [6, 6.07) is 13.8. The van der Waals surface area contributed by atoms with E-state index in [-0.39, 0.29) is 0 Å². The summed E-state index contributed by atoms with van der Waals surface area (Å²) in [4.78, 5) is 24.4. The van der Waals surface area contributed by atoms with Gasteiger partial charge in [-0.25, -0.2) is 9.59 Å². The van der Waals surface area contributed by atoms with E-state index in [4.69, 9.17) is 9.47 Å². The van der Waals surface area contributed by atoms with Gasteiger partial charge in [-0.15, -0.1) is 0 Å². The van der Waals surface area contributed by atoms with Crippen molar-refractivity contribution in [3.8, 4) is 0 Å². The van der Waals surface area contributed by atoms with E-state index >= 15 is 0 Å². The summed E-state index contributed by atoms with van der Waals surface area (Å²) in [7, 11) is 0. The predicted molar refractivity (Wildman–Crippen MR) is 103 cm³/mol. The van der Waals surface area contributed by atoms with Crippen molar-refractivity contribution in [1.29, 1.82) is 0 Å². The lowest BCUT2D eigenvalue weighted by Crippen LogP contribution is -2.30. The molecule has 0 aliphatic carbocycles. The molecule has 2 rings (SSSR count). The van der Waals surface area contributed by atoms with Gasteiger partial charge in [-0.1, -0.05) is 49.6 Å². The first-order valence-corrected chi connectivity index (χ1v) is 8.31. The maximum absolute atomic E-state index is 12.2. The van der Waals surface area contributed by atoms with E-state index in [1.54, 1.807) is 74.5 Å². The lowest BCUT2D eigenvalue weighted by molar-refractivity contribution is -0.0239. The molecule has 4 heteroatoms. The molecule has 0 bridgehead atoms. The maximum atomic E-state index is 12.2. The molecular formula is C22H22O4. The number of carbonyl (C=O) groups excluding carboxylic acids is 2. The van der Waals surface area contributed by atoms with Gasteiger partial charge in [0, 0.05) is 0 Å². The van der Waals surface area contributed by atoms with Crippen LogP contribution in [0.5, 0.6) is 0 Å². The van der Waals surface area contributed by atoms with Gasteiger partial charge < -0.3 is 9.47 Å². The zero-order valence-electron chi connectivity index (χ0n) is 15.0. The molecule has 0 aliphatic rings. The third kappa shape index (κ3) is 4.93. The van der Waals surface area contributed by atoms with Gasteiger partial charge in [-0.2, -0.15) is 0 Å². The summed E-state index contributed by atoms with van der Waals surface area (Å²) >= 11 is 0. The van der Waals surface area contributed by atoms with Crippen LogP contribution >= 0.6 is 0 Å². The highest BCUT2D eigenvalue weighted by Gasteiger charge is 2.22. The van der Waals surface area contributed by atoms with E-state index in [2.05, 4.69) is 13.2 Å². The van der Waals surface area contributed by atoms with Crippen LogP contribution < -0.4 is 0 Å². The summed E-state index contributed by atoms with van der Waals surface area (Å²) in [5.41, 5.74) is 2.70. The molecule has 0 radical (unpaired) electrons. The molecule has 2 aromatic rings. The molecule has 26 heavy (non-hydrogen) atoms. The van der Waals surface area contributed by atoms with Crippen LogP contribution in [0.2, 0.25) is 0 Å². The molecule has 0 heterocycles. The number of benzene rings is 2. The van der Waals surface area contributed by atoms with E-state index in [9.17, 15) is 9.59 Å². The number of esters is 2. The topological polar surface area (TPSA) is 52.6 Å². The van der Waals surface area contributed by atoms with Gasteiger partial charge >= 0.3 is 11.9 Å². The smallest absolute Gasteiger partial charge is 0.338 e. The number of hydrogen-bond acceptors (Lipinski definition) is 4. The summed E-state index contributed by atoms with van der Waals surface area (Å²) in [5.74, 6) is -0.933. The van der Waals surface area contributed by atoms with Crippen LogP contribution in [0.4, 0.5) is 0 Å². The van der Waals surface area contributed by atoms with E-state index in [1.807, 2.05) is 0 Å². The lowest BCUT2D eigenvalue weighted by atomic mass is 10.1. The Labute approximate surface area is 153 Å². The summed E-state index contributed by atoms with van der Waals surface area (Å²) in [5, 5.41) is 0. The molecule has 134 valence electrons. The highest BCUT2D eigenvalue weighted by atomic mass is 16.6. The Morgan fingerprint density at radius 3 is 1.31 bits per heavy atom. The van der Waals surface area contributed by atoms with Crippen LogP contribution in [0.25, 0.3) is 12.2 Å². The molecule has 0 N–H and O–H groups in total. The highest BCUT2D eigenvalue weighted by Crippen LogP contribution is 2.13. The van der Waals surface area contributed by atoms with Crippen molar-refractivity contribution in [3.63, 3.8) is 0 Å². The fraction of sp³-hybridized carbons (Fsp3) is 0.182. The molecule has 0 aromatic heterocycles. The SMILES string of the molecule is C=Cc1ccc(C(=O)OC(C)C(C)OC(=O)c2ccc(C=C)cc2)cc1. The van der Waals surface area contributed by atoms with Crippen LogP contribution in [-0.2, 0) is 9.47 Å². The Bertz CT molecular complexity index is 718. The van der Waals surface area contributed by atoms with Gasteiger partial charge in [0.1, 0.15) is 12.2 Å². The number of rotatable bonds is 7. The summed E-state index contributed by atoms with van der Waals surface area (Å²) in [6.45, 7) is 10.7. The number of hydrogen-bond donors (Lipinski definition) is 0. The molecule has 0 aliphatic heterocycles. The minimum absolute atomic E-state index is 0.431. The molecule has 2 aromatic carbocycles. The average molecular weight is 350 g/mol. The Hall–Kier alpha value is -3.14. The minimum atomic E-state index is -0.585. The minimum Gasteiger partial charge on any atom is -0.455 e. The first kappa shape index (κ1) is 19.2. The fourth-order valence-electron chi connectivity index (χ4n) is 2.18. The fourth-order valence-corrected chi connectivity index (χ4v) is 2.18. The van der Waals surface area contributed by atoms with E-state index < -0.39 is 24.1 Å². The van der Waals surface area contributed by atoms with Crippen LogP contribution in [-0.4, -0.2) is 24.1 Å². The molecule has 2 atom stereocenters. The van der Waals surface area contributed by atoms with Crippen molar-refractivity contribution in [2.45, 2.75) is 26.1 Å². The largest absolute Gasteiger partial charge is 0.455 e. The zero-order chi connectivity index (χ0) is 19.1. The second-order valence-corrected chi connectivity index (χ2v) is 5.87. The molecule has 0 spiro atoms. The van der Waals surface area contributed by atoms with Gasteiger partial charge in [0.25, 0.3) is 0 Å². The van der Waals surface area contributed by atoms with Gasteiger partial charge in [-0.05, 0) is 49.2 Å². The Morgan fingerprint density at radius 1 is 0.731 bits per heavy atom. The quantitative estimate of drug-likeness (QED) is 0.675. The summed E-state index contributed by atoms with van der Waals surface area (Å²) < 4.78 is 10.8. The Balaban J connectivity index is 1.93. The normalized spacial score (nSPS) is 12.5. The van der Waals surface area contributed by atoms with Gasteiger partial charge in [0.15, 0.2) is 0 Å². The standard InChI is InChI=1S/C22H22O4/c1-5-17-7-11-19(12-8-17)21(23)25-15(3)16(4)26-22(24)20-13-9-18(6-2)10-14-20/h5-16H,1-2H2,3-4H3. The van der Waals surface area contributed by atoms with Crippen LogP contribution in [0.3, 0.4) is 0 Å². The van der Waals surface area contributed by atoms with Gasteiger partial charge in [0.05, 0.1) is 11.1 Å². The highest BCUT2D eigenvalue weighted by molar-refractivity contribution is 5.90. The molecule has 4 nitrogen and oxygen atoms in total.